The van der Waals surface area contributed by atoms with Crippen LogP contribution in [0.25, 0.3) is 10.9 Å². The molecule has 2 N–H and O–H groups in total. The second-order valence-electron chi connectivity index (χ2n) is 7.00. The van der Waals surface area contributed by atoms with Crippen molar-refractivity contribution in [1.29, 1.82) is 0 Å². The van der Waals surface area contributed by atoms with Gasteiger partial charge in [0, 0.05) is 47.2 Å². The van der Waals surface area contributed by atoms with Crippen LogP contribution in [0.3, 0.4) is 0 Å². The Morgan fingerprint density at radius 3 is 2.63 bits per heavy atom. The lowest BCUT2D eigenvalue weighted by molar-refractivity contribution is 0.180. The van der Waals surface area contributed by atoms with Crippen molar-refractivity contribution in [2.24, 2.45) is 0 Å². The molecule has 1 aliphatic rings. The summed E-state index contributed by atoms with van der Waals surface area (Å²) < 4.78 is 12.9. The molecule has 2 heterocycles. The first-order valence-electron chi connectivity index (χ1n) is 9.14. The van der Waals surface area contributed by atoms with Gasteiger partial charge in [0.15, 0.2) is 0 Å². The number of H-pyrrole nitrogens is 1. The largest absolute Gasteiger partial charge is 0.358 e. The first-order valence-corrected chi connectivity index (χ1v) is 9.52. The van der Waals surface area contributed by atoms with Crippen LogP contribution in [0, 0.1) is 5.82 Å². The van der Waals surface area contributed by atoms with Gasteiger partial charge < -0.3 is 15.2 Å². The predicted octanol–water partition coefficient (Wildman–Crippen LogP) is 5.05. The van der Waals surface area contributed by atoms with E-state index in [2.05, 4.69) is 16.4 Å². The quantitative estimate of drug-likeness (QED) is 0.651. The Morgan fingerprint density at radius 2 is 1.89 bits per heavy atom. The minimum Gasteiger partial charge on any atom is -0.358 e. The number of benzene rings is 2. The molecule has 0 radical (unpaired) electrons. The molecular weight excluding hydrogens is 365 g/mol. The zero-order chi connectivity index (χ0) is 18.8. The van der Waals surface area contributed by atoms with E-state index in [-0.39, 0.29) is 11.8 Å². The summed E-state index contributed by atoms with van der Waals surface area (Å²) in [6, 6.07) is 14.1. The molecule has 1 fully saturated rings. The lowest BCUT2D eigenvalue weighted by atomic mass is 9.94. The van der Waals surface area contributed by atoms with Crippen LogP contribution in [0.2, 0.25) is 5.02 Å². The Labute approximate surface area is 162 Å². The van der Waals surface area contributed by atoms with Gasteiger partial charge in [-0.3, -0.25) is 0 Å². The van der Waals surface area contributed by atoms with Gasteiger partial charge in [-0.05, 0) is 54.8 Å². The first kappa shape index (κ1) is 17.9. The Bertz CT molecular complexity index is 946. The van der Waals surface area contributed by atoms with Crippen molar-refractivity contribution in [2.45, 2.75) is 25.3 Å². The molecule has 0 unspecified atom stereocenters. The van der Waals surface area contributed by atoms with Crippen LogP contribution in [0.5, 0.6) is 0 Å². The van der Waals surface area contributed by atoms with Gasteiger partial charge >= 0.3 is 6.03 Å². The summed E-state index contributed by atoms with van der Waals surface area (Å²) in [6.07, 6.45) is 1.84. The van der Waals surface area contributed by atoms with Crippen molar-refractivity contribution in [2.75, 3.05) is 13.1 Å². The SMILES string of the molecule is O=C(NCc1ccc(F)cc1)N1CCC(c2cc3cc(Cl)ccc3[nH]2)CC1. The number of nitrogens with one attached hydrogen (secondary N) is 2. The van der Waals surface area contributed by atoms with Crippen molar-refractivity contribution >= 4 is 28.5 Å². The van der Waals surface area contributed by atoms with E-state index < -0.39 is 0 Å². The van der Waals surface area contributed by atoms with Crippen LogP contribution in [0.4, 0.5) is 9.18 Å². The summed E-state index contributed by atoms with van der Waals surface area (Å²) in [7, 11) is 0. The highest BCUT2D eigenvalue weighted by Crippen LogP contribution is 2.30. The molecule has 0 aliphatic carbocycles. The molecule has 0 saturated carbocycles. The lowest BCUT2D eigenvalue weighted by Gasteiger charge is -2.31. The number of likely N-dealkylation sites (tertiary alicyclic amines) is 1. The van der Waals surface area contributed by atoms with Crippen LogP contribution in [-0.2, 0) is 6.54 Å². The standard InChI is InChI=1S/C21H21ClFN3O/c22-17-3-6-19-16(11-17)12-20(25-19)15-7-9-26(10-8-15)21(27)24-13-14-1-4-18(23)5-2-14/h1-6,11-12,15,25H,7-10,13H2,(H,24,27). The highest BCUT2D eigenvalue weighted by Gasteiger charge is 2.24. The summed E-state index contributed by atoms with van der Waals surface area (Å²) in [5.74, 6) is 0.142. The number of rotatable bonds is 3. The number of carbonyl (C=O) groups excluding carboxylic acids is 1. The monoisotopic (exact) mass is 385 g/mol. The average Bonchev–Trinajstić information content (AvgIpc) is 3.10. The molecule has 27 heavy (non-hydrogen) atoms. The number of hydrogen-bond acceptors (Lipinski definition) is 1. The van der Waals surface area contributed by atoms with E-state index in [1.807, 2.05) is 23.1 Å². The summed E-state index contributed by atoms with van der Waals surface area (Å²) in [4.78, 5) is 17.7. The zero-order valence-corrected chi connectivity index (χ0v) is 15.6. The summed E-state index contributed by atoms with van der Waals surface area (Å²) in [5.41, 5.74) is 3.18. The van der Waals surface area contributed by atoms with Gasteiger partial charge in [0.1, 0.15) is 5.82 Å². The molecule has 6 heteroatoms. The molecule has 1 aromatic heterocycles. The summed E-state index contributed by atoms with van der Waals surface area (Å²) in [6.45, 7) is 1.84. The fourth-order valence-electron chi connectivity index (χ4n) is 3.63. The van der Waals surface area contributed by atoms with E-state index in [1.54, 1.807) is 12.1 Å². The van der Waals surface area contributed by atoms with Crippen LogP contribution in [0.15, 0.2) is 48.5 Å². The van der Waals surface area contributed by atoms with Crippen LogP contribution < -0.4 is 5.32 Å². The third kappa shape index (κ3) is 4.08. The van der Waals surface area contributed by atoms with Crippen LogP contribution >= 0.6 is 11.6 Å². The van der Waals surface area contributed by atoms with Gasteiger partial charge in [-0.1, -0.05) is 23.7 Å². The van der Waals surface area contributed by atoms with Gasteiger partial charge in [-0.2, -0.15) is 0 Å². The second-order valence-corrected chi connectivity index (χ2v) is 7.44. The number of hydrogen-bond donors (Lipinski definition) is 2. The number of aromatic amines is 1. The van der Waals surface area contributed by atoms with Crippen LogP contribution in [0.1, 0.15) is 30.0 Å². The Balaban J connectivity index is 1.32. The topological polar surface area (TPSA) is 48.1 Å². The van der Waals surface area contributed by atoms with Crippen molar-refractivity contribution < 1.29 is 9.18 Å². The lowest BCUT2D eigenvalue weighted by Crippen LogP contribution is -2.43. The maximum Gasteiger partial charge on any atom is 0.317 e. The molecule has 2 amide bonds. The van der Waals surface area contributed by atoms with E-state index >= 15 is 0 Å². The third-order valence-corrected chi connectivity index (χ3v) is 5.42. The fraction of sp³-hybridized carbons (Fsp3) is 0.286. The van der Waals surface area contributed by atoms with E-state index in [0.29, 0.717) is 12.5 Å². The van der Waals surface area contributed by atoms with E-state index in [4.69, 9.17) is 11.6 Å². The number of urea groups is 1. The minimum absolute atomic E-state index is 0.0683. The Hall–Kier alpha value is -2.53. The molecule has 4 rings (SSSR count). The van der Waals surface area contributed by atoms with Gasteiger partial charge in [0.25, 0.3) is 0 Å². The number of carbonyl (C=O) groups is 1. The van der Waals surface area contributed by atoms with Crippen molar-refractivity contribution in [3.8, 4) is 0 Å². The molecule has 0 atom stereocenters. The third-order valence-electron chi connectivity index (χ3n) is 5.18. The molecule has 4 nitrogen and oxygen atoms in total. The number of amides is 2. The van der Waals surface area contributed by atoms with Crippen molar-refractivity contribution in [3.05, 3.63) is 70.6 Å². The summed E-state index contributed by atoms with van der Waals surface area (Å²) in [5, 5.41) is 4.77. The smallest absolute Gasteiger partial charge is 0.317 e. The zero-order valence-electron chi connectivity index (χ0n) is 14.8. The van der Waals surface area contributed by atoms with Gasteiger partial charge in [0.2, 0.25) is 0 Å². The molecule has 0 bridgehead atoms. The van der Waals surface area contributed by atoms with Gasteiger partial charge in [-0.15, -0.1) is 0 Å². The predicted molar refractivity (Wildman–Crippen MR) is 105 cm³/mol. The number of piperidine rings is 1. The molecule has 1 aliphatic heterocycles. The molecule has 0 spiro atoms. The maximum absolute atomic E-state index is 12.9. The van der Waals surface area contributed by atoms with Crippen molar-refractivity contribution in [1.82, 2.24) is 15.2 Å². The van der Waals surface area contributed by atoms with E-state index in [0.717, 1.165) is 47.4 Å². The van der Waals surface area contributed by atoms with Crippen LogP contribution in [-0.4, -0.2) is 29.0 Å². The highest BCUT2D eigenvalue weighted by atomic mass is 35.5. The van der Waals surface area contributed by atoms with E-state index in [9.17, 15) is 9.18 Å². The fourth-order valence-corrected chi connectivity index (χ4v) is 3.81. The second kappa shape index (κ2) is 7.61. The first-order chi connectivity index (χ1) is 13.1. The number of halogens is 2. The van der Waals surface area contributed by atoms with Gasteiger partial charge in [-0.25, -0.2) is 9.18 Å². The Kier molecular flexibility index (Phi) is 5.03. The molecule has 140 valence electrons. The Morgan fingerprint density at radius 1 is 1.15 bits per heavy atom. The highest BCUT2D eigenvalue weighted by molar-refractivity contribution is 6.31. The average molecular weight is 386 g/mol. The number of nitrogens with zero attached hydrogens (tertiary/aromatic N) is 1. The molecule has 1 saturated heterocycles. The van der Waals surface area contributed by atoms with Crippen molar-refractivity contribution in [3.63, 3.8) is 0 Å². The minimum atomic E-state index is -0.272. The van der Waals surface area contributed by atoms with E-state index in [1.165, 1.54) is 17.8 Å². The maximum atomic E-state index is 12.9. The van der Waals surface area contributed by atoms with Gasteiger partial charge in [0.05, 0.1) is 0 Å². The molecule has 3 aromatic rings. The molecule has 2 aromatic carbocycles. The summed E-state index contributed by atoms with van der Waals surface area (Å²) >= 11 is 6.07. The number of aromatic nitrogens is 1. The molecular formula is C21H21ClFN3O. The number of fused-ring (bicyclic) bond motifs is 1. The normalized spacial score (nSPS) is 15.3.